The molecule has 7 nitrogen and oxygen atoms in total. The summed E-state index contributed by atoms with van der Waals surface area (Å²) in [6, 6.07) is 0.439. The van der Waals surface area contributed by atoms with Gasteiger partial charge in [0.1, 0.15) is 10.7 Å². The zero-order valence-electron chi connectivity index (χ0n) is 11.0. The minimum atomic E-state index is -4.43. The van der Waals surface area contributed by atoms with Gasteiger partial charge in [0.2, 0.25) is 15.8 Å². The van der Waals surface area contributed by atoms with Crippen LogP contribution in [0.25, 0.3) is 0 Å². The lowest BCUT2D eigenvalue weighted by atomic mass is 10.2. The molecule has 0 amide bonds. The summed E-state index contributed by atoms with van der Waals surface area (Å²) < 4.78 is 52.3. The fraction of sp³-hybridized carbons (Fsp3) is 0.455. The molecule has 0 fully saturated rings. The quantitative estimate of drug-likeness (QED) is 0.580. The molecule has 0 aromatic heterocycles. The molecule has 0 bridgehead atoms. The van der Waals surface area contributed by atoms with E-state index in [1.165, 1.54) is 0 Å². The largest absolute Gasteiger partial charge is 0.392 e. The lowest BCUT2D eigenvalue weighted by molar-refractivity contribution is -0.387. The number of nitro benzene ring substituents is 1. The maximum Gasteiger partial charge on any atom is 0.306 e. The topological polar surface area (TPSA) is 110 Å². The number of benzene rings is 1. The molecule has 10 heteroatoms. The fourth-order valence-electron chi connectivity index (χ4n) is 1.58. The van der Waals surface area contributed by atoms with Crippen LogP contribution in [0.1, 0.15) is 19.8 Å². The number of hydrogen-bond acceptors (Lipinski definition) is 5. The molecule has 0 spiro atoms. The van der Waals surface area contributed by atoms with Crippen LogP contribution in [-0.4, -0.2) is 31.1 Å². The fourth-order valence-corrected chi connectivity index (χ4v) is 2.73. The number of sulfonamides is 1. The van der Waals surface area contributed by atoms with Crippen LogP contribution in [0.3, 0.4) is 0 Å². The molecular weight excluding hydrogens is 310 g/mol. The molecule has 0 saturated heterocycles. The third-order valence-electron chi connectivity index (χ3n) is 2.62. The molecule has 2 N–H and O–H groups in total. The van der Waals surface area contributed by atoms with E-state index in [-0.39, 0.29) is 12.6 Å². The number of halogens is 2. The van der Waals surface area contributed by atoms with E-state index in [9.17, 15) is 32.4 Å². The summed E-state index contributed by atoms with van der Waals surface area (Å²) in [4.78, 5) is 8.36. The molecule has 0 aliphatic heterocycles. The normalized spacial score (nSPS) is 13.1. The van der Waals surface area contributed by atoms with Crippen LogP contribution >= 0.6 is 0 Å². The van der Waals surface area contributed by atoms with Crippen LogP contribution in [0.4, 0.5) is 14.5 Å². The highest BCUT2D eigenvalue weighted by atomic mass is 32.2. The molecule has 1 rings (SSSR count). The van der Waals surface area contributed by atoms with Crippen molar-refractivity contribution in [2.24, 2.45) is 0 Å². The van der Waals surface area contributed by atoms with E-state index < -0.39 is 43.3 Å². The van der Waals surface area contributed by atoms with Gasteiger partial charge in [0.25, 0.3) is 0 Å². The molecule has 1 aromatic rings. The van der Waals surface area contributed by atoms with E-state index in [0.717, 1.165) is 0 Å². The molecule has 21 heavy (non-hydrogen) atoms. The van der Waals surface area contributed by atoms with Gasteiger partial charge >= 0.3 is 5.69 Å². The second kappa shape index (κ2) is 6.87. The third kappa shape index (κ3) is 4.41. The highest BCUT2D eigenvalue weighted by Gasteiger charge is 2.26. The van der Waals surface area contributed by atoms with Crippen molar-refractivity contribution in [1.29, 1.82) is 0 Å². The average molecular weight is 324 g/mol. The van der Waals surface area contributed by atoms with Gasteiger partial charge in [-0.3, -0.25) is 10.1 Å². The minimum absolute atomic E-state index is 0.134. The van der Waals surface area contributed by atoms with E-state index in [2.05, 4.69) is 0 Å². The number of hydrogen-bond donors (Lipinski definition) is 2. The van der Waals surface area contributed by atoms with Gasteiger partial charge in [-0.25, -0.2) is 17.5 Å². The Labute approximate surface area is 119 Å². The van der Waals surface area contributed by atoms with Crippen LogP contribution in [0, 0.1) is 21.7 Å². The van der Waals surface area contributed by atoms with Gasteiger partial charge in [-0.1, -0.05) is 13.3 Å². The first kappa shape index (κ1) is 17.4. The molecule has 1 unspecified atom stereocenters. The molecule has 0 saturated carbocycles. The summed E-state index contributed by atoms with van der Waals surface area (Å²) in [5.74, 6) is -2.92. The Bertz CT molecular complexity index is 636. The highest BCUT2D eigenvalue weighted by Crippen LogP contribution is 2.24. The second-order valence-corrected chi connectivity index (χ2v) is 6.02. The van der Waals surface area contributed by atoms with Gasteiger partial charge in [0.15, 0.2) is 0 Å². The molecule has 1 atom stereocenters. The number of nitro groups is 1. The molecule has 0 radical (unpaired) electrons. The highest BCUT2D eigenvalue weighted by molar-refractivity contribution is 7.89. The summed E-state index contributed by atoms with van der Waals surface area (Å²) in [6.45, 7) is 1.40. The van der Waals surface area contributed by atoms with Crippen molar-refractivity contribution in [2.75, 3.05) is 6.54 Å². The first-order valence-corrected chi connectivity index (χ1v) is 7.48. The van der Waals surface area contributed by atoms with Crippen molar-refractivity contribution in [3.8, 4) is 0 Å². The number of aliphatic hydroxyl groups excluding tert-OH is 1. The van der Waals surface area contributed by atoms with E-state index in [1.54, 1.807) is 6.92 Å². The minimum Gasteiger partial charge on any atom is -0.392 e. The number of nitrogens with zero attached hydrogens (tertiary/aromatic N) is 1. The second-order valence-electron chi connectivity index (χ2n) is 4.29. The average Bonchev–Trinajstić information content (AvgIpc) is 2.36. The van der Waals surface area contributed by atoms with Gasteiger partial charge in [0.05, 0.1) is 11.0 Å². The zero-order chi connectivity index (χ0) is 16.2. The molecule has 1 aromatic carbocycles. The standard InChI is InChI=1S/C11H14F2N2O5S/c1-2-3-7(16)6-14-21(19,20)11-5-10(15(17)18)8(12)4-9(11)13/h4-5,7,14,16H,2-3,6H2,1H3. The lowest BCUT2D eigenvalue weighted by Crippen LogP contribution is -2.32. The maximum absolute atomic E-state index is 13.5. The van der Waals surface area contributed by atoms with E-state index >= 15 is 0 Å². The van der Waals surface area contributed by atoms with Crippen molar-refractivity contribution in [3.05, 3.63) is 33.9 Å². The van der Waals surface area contributed by atoms with Crippen molar-refractivity contribution in [1.82, 2.24) is 4.72 Å². The predicted octanol–water partition coefficient (Wildman–Crippen LogP) is 1.31. The van der Waals surface area contributed by atoms with Gasteiger partial charge in [0, 0.05) is 18.7 Å². The molecule has 0 aliphatic rings. The van der Waals surface area contributed by atoms with Gasteiger partial charge < -0.3 is 5.11 Å². The van der Waals surface area contributed by atoms with Crippen molar-refractivity contribution in [3.63, 3.8) is 0 Å². The SMILES string of the molecule is CCCC(O)CNS(=O)(=O)c1cc([N+](=O)[O-])c(F)cc1F. The van der Waals surface area contributed by atoms with Crippen LogP contribution < -0.4 is 4.72 Å². The Morgan fingerprint density at radius 3 is 2.52 bits per heavy atom. The first-order chi connectivity index (χ1) is 9.69. The van der Waals surface area contributed by atoms with Crippen molar-refractivity contribution < 1.29 is 27.2 Å². The predicted molar refractivity (Wildman–Crippen MR) is 69.1 cm³/mol. The summed E-state index contributed by atoms with van der Waals surface area (Å²) in [5.41, 5.74) is -1.15. The Morgan fingerprint density at radius 1 is 1.38 bits per heavy atom. The summed E-state index contributed by atoms with van der Waals surface area (Å²) in [6.07, 6.45) is -0.0309. The lowest BCUT2D eigenvalue weighted by Gasteiger charge is -2.11. The van der Waals surface area contributed by atoms with E-state index in [1.807, 2.05) is 4.72 Å². The molecular formula is C11H14F2N2O5S. The van der Waals surface area contributed by atoms with Gasteiger partial charge in [-0.05, 0) is 6.42 Å². The molecule has 118 valence electrons. The van der Waals surface area contributed by atoms with Gasteiger partial charge in [-0.15, -0.1) is 0 Å². The molecule has 0 heterocycles. The summed E-state index contributed by atoms with van der Waals surface area (Å²) in [7, 11) is -4.43. The Hall–Kier alpha value is -1.65. The van der Waals surface area contributed by atoms with Crippen LogP contribution in [-0.2, 0) is 10.0 Å². The van der Waals surface area contributed by atoms with E-state index in [4.69, 9.17) is 0 Å². The van der Waals surface area contributed by atoms with E-state index in [0.29, 0.717) is 18.9 Å². The summed E-state index contributed by atoms with van der Waals surface area (Å²) in [5, 5.41) is 20.0. The Kier molecular flexibility index (Phi) is 5.70. The maximum atomic E-state index is 13.5. The Morgan fingerprint density at radius 2 is 2.00 bits per heavy atom. The van der Waals surface area contributed by atoms with Crippen molar-refractivity contribution in [2.45, 2.75) is 30.8 Å². The number of nitrogens with one attached hydrogen (secondary N) is 1. The molecule has 0 aliphatic carbocycles. The first-order valence-electron chi connectivity index (χ1n) is 6.00. The third-order valence-corrected chi connectivity index (χ3v) is 4.06. The zero-order valence-corrected chi connectivity index (χ0v) is 11.9. The van der Waals surface area contributed by atoms with Crippen molar-refractivity contribution >= 4 is 15.7 Å². The smallest absolute Gasteiger partial charge is 0.306 e. The Balaban J connectivity index is 3.08. The van der Waals surface area contributed by atoms with Crippen LogP contribution in [0.15, 0.2) is 17.0 Å². The van der Waals surface area contributed by atoms with Gasteiger partial charge in [-0.2, -0.15) is 4.39 Å². The number of aliphatic hydroxyl groups is 1. The summed E-state index contributed by atoms with van der Waals surface area (Å²) >= 11 is 0. The van der Waals surface area contributed by atoms with Crippen LogP contribution in [0.2, 0.25) is 0 Å². The number of rotatable bonds is 7. The van der Waals surface area contributed by atoms with Crippen LogP contribution in [0.5, 0.6) is 0 Å². The monoisotopic (exact) mass is 324 g/mol.